The topological polar surface area (TPSA) is 46.6 Å². The van der Waals surface area contributed by atoms with E-state index in [0.717, 1.165) is 19.3 Å². The van der Waals surface area contributed by atoms with Crippen molar-refractivity contribution in [2.45, 2.75) is 51.1 Å². The van der Waals surface area contributed by atoms with E-state index >= 15 is 0 Å². The number of carbonyl (C=O) groups is 2. The highest BCUT2D eigenvalue weighted by Crippen LogP contribution is 2.51. The minimum absolute atomic E-state index is 0.0516. The fourth-order valence-corrected chi connectivity index (χ4v) is 4.01. The Kier molecular flexibility index (Phi) is 3.78. The third-order valence-corrected chi connectivity index (χ3v) is 5.52. The Morgan fingerprint density at radius 2 is 2.10 bits per heavy atom. The number of amides is 1. The molecule has 0 saturated heterocycles. The van der Waals surface area contributed by atoms with Gasteiger partial charge in [0, 0.05) is 27.6 Å². The van der Waals surface area contributed by atoms with Crippen molar-refractivity contribution in [3.05, 3.63) is 21.9 Å². The first-order chi connectivity index (χ1) is 10.0. The van der Waals surface area contributed by atoms with Crippen LogP contribution < -0.4 is 0 Å². The van der Waals surface area contributed by atoms with Crippen LogP contribution in [0.25, 0.3) is 0 Å². The summed E-state index contributed by atoms with van der Waals surface area (Å²) in [5, 5.41) is 0. The molecule has 0 spiro atoms. The SMILES string of the molecule is COC(=O)C(C)N(C(=O)C1CC1c1ccc(C)s1)C1CC1. The summed E-state index contributed by atoms with van der Waals surface area (Å²) in [5.41, 5.74) is 0. The maximum Gasteiger partial charge on any atom is 0.328 e. The summed E-state index contributed by atoms with van der Waals surface area (Å²) in [7, 11) is 1.38. The van der Waals surface area contributed by atoms with Gasteiger partial charge in [-0.05, 0) is 45.2 Å². The number of carbonyl (C=O) groups excluding carboxylic acids is 2. The summed E-state index contributed by atoms with van der Waals surface area (Å²) in [6.07, 6.45) is 2.92. The van der Waals surface area contributed by atoms with Gasteiger partial charge in [0.2, 0.25) is 5.91 Å². The molecule has 2 saturated carbocycles. The number of ether oxygens (including phenoxy) is 1. The molecule has 0 aromatic carbocycles. The van der Waals surface area contributed by atoms with E-state index in [1.54, 1.807) is 23.2 Å². The van der Waals surface area contributed by atoms with Gasteiger partial charge in [0.15, 0.2) is 0 Å². The standard InChI is InChI=1S/C16H21NO3S/c1-9-4-7-14(21-9)12-8-13(12)15(18)17(11-5-6-11)10(2)16(19)20-3/h4,7,10-13H,5-6,8H2,1-3H3. The Hall–Kier alpha value is -1.36. The van der Waals surface area contributed by atoms with Crippen LogP contribution in [0.15, 0.2) is 12.1 Å². The van der Waals surface area contributed by atoms with Gasteiger partial charge in [0.25, 0.3) is 0 Å². The van der Waals surface area contributed by atoms with Crippen LogP contribution in [0.4, 0.5) is 0 Å². The van der Waals surface area contributed by atoms with Crippen molar-refractivity contribution in [1.29, 1.82) is 0 Å². The normalized spacial score (nSPS) is 25.3. The number of hydrogen-bond donors (Lipinski definition) is 0. The molecule has 21 heavy (non-hydrogen) atoms. The molecule has 3 atom stereocenters. The summed E-state index contributed by atoms with van der Waals surface area (Å²) in [4.78, 5) is 28.9. The minimum Gasteiger partial charge on any atom is -0.467 e. The molecular weight excluding hydrogens is 286 g/mol. The number of methoxy groups -OCH3 is 1. The Morgan fingerprint density at radius 1 is 1.38 bits per heavy atom. The number of nitrogens with zero attached hydrogens (tertiary/aromatic N) is 1. The monoisotopic (exact) mass is 307 g/mol. The molecule has 0 bridgehead atoms. The Labute approximate surface area is 129 Å². The van der Waals surface area contributed by atoms with E-state index in [9.17, 15) is 9.59 Å². The van der Waals surface area contributed by atoms with Gasteiger partial charge < -0.3 is 9.64 Å². The maximum atomic E-state index is 12.8. The largest absolute Gasteiger partial charge is 0.467 e. The number of thiophene rings is 1. The van der Waals surface area contributed by atoms with Gasteiger partial charge in [-0.25, -0.2) is 4.79 Å². The van der Waals surface area contributed by atoms with Crippen LogP contribution in [0.3, 0.4) is 0 Å². The van der Waals surface area contributed by atoms with Gasteiger partial charge in [-0.2, -0.15) is 0 Å². The quantitative estimate of drug-likeness (QED) is 0.786. The van der Waals surface area contributed by atoms with Gasteiger partial charge in [-0.3, -0.25) is 4.79 Å². The molecule has 3 unspecified atom stereocenters. The molecule has 114 valence electrons. The third-order valence-electron chi connectivity index (χ3n) is 4.39. The van der Waals surface area contributed by atoms with Gasteiger partial charge in [-0.15, -0.1) is 11.3 Å². The van der Waals surface area contributed by atoms with Crippen molar-refractivity contribution in [3.63, 3.8) is 0 Å². The van der Waals surface area contributed by atoms with Gasteiger partial charge >= 0.3 is 5.97 Å². The van der Waals surface area contributed by atoms with Crippen LogP contribution in [0.5, 0.6) is 0 Å². The fraction of sp³-hybridized carbons (Fsp3) is 0.625. The van der Waals surface area contributed by atoms with E-state index in [1.807, 2.05) is 0 Å². The van der Waals surface area contributed by atoms with Crippen molar-refractivity contribution >= 4 is 23.2 Å². The van der Waals surface area contributed by atoms with E-state index in [1.165, 1.54) is 16.9 Å². The molecule has 1 amide bonds. The second-order valence-electron chi connectivity index (χ2n) is 6.07. The molecule has 2 aliphatic carbocycles. The molecule has 1 aromatic rings. The first-order valence-electron chi connectivity index (χ1n) is 7.49. The second kappa shape index (κ2) is 5.44. The third kappa shape index (κ3) is 2.84. The predicted octanol–water partition coefficient (Wildman–Crippen LogP) is 2.71. The summed E-state index contributed by atoms with van der Waals surface area (Å²) in [6, 6.07) is 4.00. The molecule has 1 aromatic heterocycles. The first-order valence-corrected chi connectivity index (χ1v) is 8.31. The average molecular weight is 307 g/mol. The van der Waals surface area contributed by atoms with Gasteiger partial charge in [-0.1, -0.05) is 0 Å². The average Bonchev–Trinajstić information content (AvgIpc) is 3.37. The summed E-state index contributed by atoms with van der Waals surface area (Å²) < 4.78 is 4.81. The van der Waals surface area contributed by atoms with Crippen molar-refractivity contribution in [2.75, 3.05) is 7.11 Å². The van der Waals surface area contributed by atoms with E-state index in [0.29, 0.717) is 5.92 Å². The molecule has 0 radical (unpaired) electrons. The van der Waals surface area contributed by atoms with Crippen LogP contribution in [0.1, 0.15) is 41.9 Å². The van der Waals surface area contributed by atoms with Crippen LogP contribution in [0, 0.1) is 12.8 Å². The molecule has 0 N–H and O–H groups in total. The Bertz CT molecular complexity index is 564. The van der Waals surface area contributed by atoms with Crippen LogP contribution in [-0.4, -0.2) is 36.0 Å². The highest BCUT2D eigenvalue weighted by atomic mass is 32.1. The van der Waals surface area contributed by atoms with Crippen LogP contribution >= 0.6 is 11.3 Å². The molecule has 5 heteroatoms. The summed E-state index contributed by atoms with van der Waals surface area (Å²) in [5.74, 6) is 0.212. The summed E-state index contributed by atoms with van der Waals surface area (Å²) >= 11 is 1.77. The number of esters is 1. The predicted molar refractivity (Wildman–Crippen MR) is 81.3 cm³/mol. The number of rotatable bonds is 5. The number of aryl methyl sites for hydroxylation is 1. The highest BCUT2D eigenvalue weighted by molar-refractivity contribution is 7.12. The molecule has 3 rings (SSSR count). The van der Waals surface area contributed by atoms with Crippen LogP contribution in [0.2, 0.25) is 0 Å². The molecule has 4 nitrogen and oxygen atoms in total. The lowest BCUT2D eigenvalue weighted by molar-refractivity contribution is -0.153. The van der Waals surface area contributed by atoms with Gasteiger partial charge in [0.05, 0.1) is 7.11 Å². The first kappa shape index (κ1) is 14.6. The zero-order valence-electron chi connectivity index (χ0n) is 12.7. The minimum atomic E-state index is -0.471. The van der Waals surface area contributed by atoms with Crippen molar-refractivity contribution < 1.29 is 14.3 Å². The highest BCUT2D eigenvalue weighted by Gasteiger charge is 2.50. The molecule has 1 heterocycles. The van der Waals surface area contributed by atoms with Crippen LogP contribution in [-0.2, 0) is 14.3 Å². The lowest BCUT2D eigenvalue weighted by Gasteiger charge is -2.27. The van der Waals surface area contributed by atoms with E-state index < -0.39 is 6.04 Å². The van der Waals surface area contributed by atoms with E-state index in [2.05, 4.69) is 19.1 Å². The molecule has 2 aliphatic rings. The van der Waals surface area contributed by atoms with Crippen molar-refractivity contribution in [1.82, 2.24) is 4.90 Å². The second-order valence-corrected chi connectivity index (χ2v) is 7.39. The Balaban J connectivity index is 1.70. The lowest BCUT2D eigenvalue weighted by atomic mass is 10.2. The fourth-order valence-electron chi connectivity index (χ4n) is 2.95. The van der Waals surface area contributed by atoms with Crippen molar-refractivity contribution in [2.24, 2.45) is 5.92 Å². The lowest BCUT2D eigenvalue weighted by Crippen LogP contribution is -2.46. The smallest absolute Gasteiger partial charge is 0.328 e. The number of hydrogen-bond acceptors (Lipinski definition) is 4. The zero-order chi connectivity index (χ0) is 15.1. The molecular formula is C16H21NO3S. The zero-order valence-corrected chi connectivity index (χ0v) is 13.5. The Morgan fingerprint density at radius 3 is 2.62 bits per heavy atom. The molecule has 0 aliphatic heterocycles. The van der Waals surface area contributed by atoms with E-state index in [4.69, 9.17) is 4.74 Å². The molecule has 2 fully saturated rings. The summed E-state index contributed by atoms with van der Waals surface area (Å²) in [6.45, 7) is 3.86. The maximum absolute atomic E-state index is 12.8. The van der Waals surface area contributed by atoms with E-state index in [-0.39, 0.29) is 23.8 Å². The van der Waals surface area contributed by atoms with Gasteiger partial charge in [0.1, 0.15) is 6.04 Å². The van der Waals surface area contributed by atoms with Crippen molar-refractivity contribution in [3.8, 4) is 0 Å².